The first-order valence-corrected chi connectivity index (χ1v) is 5.01. The van der Waals surface area contributed by atoms with Gasteiger partial charge >= 0.3 is 35.5 Å². The quantitative estimate of drug-likeness (QED) is 0.199. The Labute approximate surface area is 121 Å². The first-order chi connectivity index (χ1) is 7.47. The van der Waals surface area contributed by atoms with Crippen LogP contribution in [-0.4, -0.2) is 26.8 Å². The normalized spacial score (nSPS) is 11.2. The third kappa shape index (κ3) is 3.86. The van der Waals surface area contributed by atoms with Crippen molar-refractivity contribution in [3.8, 4) is 0 Å². The smallest absolute Gasteiger partial charge is 0.768 e. The number of nitrogens with zero attached hydrogens (tertiary/aromatic N) is 1. The van der Waals surface area contributed by atoms with Crippen LogP contribution in [0.25, 0.3) is 0 Å². The van der Waals surface area contributed by atoms with Crippen LogP contribution >= 0.6 is 0 Å². The molecule has 1 rings (SSSR count). The van der Waals surface area contributed by atoms with Crippen molar-refractivity contribution in [3.63, 3.8) is 0 Å². The summed E-state index contributed by atoms with van der Waals surface area (Å²) in [5, 5.41) is 10.6. The fourth-order valence-corrected chi connectivity index (χ4v) is 1.44. The van der Waals surface area contributed by atoms with Crippen LogP contribution in [0.3, 0.4) is 0 Å². The molecule has 0 aliphatic rings. The summed E-state index contributed by atoms with van der Waals surface area (Å²) in [4.78, 5) is 20.6. The molecule has 0 amide bonds. The summed E-state index contributed by atoms with van der Waals surface area (Å²) < 4.78 is 25.5. The molecule has 0 N–H and O–H groups in total. The Bertz CT molecular complexity index is 477. The number of esters is 1. The summed E-state index contributed by atoms with van der Waals surface area (Å²) in [5.74, 6) is -0.894. The number of methoxy groups -OCH3 is 1. The third-order valence-electron chi connectivity index (χ3n) is 1.76. The summed E-state index contributed by atoms with van der Waals surface area (Å²) >= 11 is -2.59. The number of benzene rings is 1. The van der Waals surface area contributed by atoms with Crippen LogP contribution in [0.15, 0.2) is 23.1 Å². The topological polar surface area (TPSA) is 110 Å². The monoisotopic (exact) mass is 267 g/mol. The first-order valence-electron chi connectivity index (χ1n) is 3.93. The number of hydrogen-bond acceptors (Lipinski definition) is 6. The first kappa shape index (κ1) is 16.2. The molecule has 17 heavy (non-hydrogen) atoms. The molecular formula is C8H6NNaO6S. The molecule has 0 saturated carbocycles. The van der Waals surface area contributed by atoms with Crippen LogP contribution in [-0.2, 0) is 15.8 Å². The maximum atomic E-state index is 11.1. The average Bonchev–Trinajstić information content (AvgIpc) is 2.26. The predicted octanol–water partition coefficient (Wildman–Crippen LogP) is -2.38. The molecule has 9 heteroatoms. The Morgan fingerprint density at radius 1 is 1.47 bits per heavy atom. The molecule has 0 spiro atoms. The molecule has 1 unspecified atom stereocenters. The van der Waals surface area contributed by atoms with E-state index >= 15 is 0 Å². The van der Waals surface area contributed by atoms with Crippen molar-refractivity contribution in [3.05, 3.63) is 33.9 Å². The van der Waals surface area contributed by atoms with E-state index < -0.39 is 27.7 Å². The molecule has 1 aromatic rings. The predicted molar refractivity (Wildman–Crippen MR) is 51.6 cm³/mol. The van der Waals surface area contributed by atoms with E-state index in [-0.39, 0.29) is 40.0 Å². The fourth-order valence-electron chi connectivity index (χ4n) is 1.05. The number of carbonyl (C=O) groups excluding carboxylic acids is 1. The molecule has 7 nitrogen and oxygen atoms in total. The van der Waals surface area contributed by atoms with E-state index in [0.717, 1.165) is 25.3 Å². The maximum absolute atomic E-state index is 11.1. The van der Waals surface area contributed by atoms with Gasteiger partial charge in [-0.1, -0.05) is 0 Å². The van der Waals surface area contributed by atoms with Crippen molar-refractivity contribution in [1.29, 1.82) is 0 Å². The fraction of sp³-hybridized carbons (Fsp3) is 0.125. The average molecular weight is 267 g/mol. The van der Waals surface area contributed by atoms with Crippen molar-refractivity contribution in [2.45, 2.75) is 4.90 Å². The van der Waals surface area contributed by atoms with Gasteiger partial charge in [0.2, 0.25) is 0 Å². The Balaban J connectivity index is 0.00000256. The van der Waals surface area contributed by atoms with Crippen molar-refractivity contribution in [2.75, 3.05) is 7.11 Å². The third-order valence-corrected chi connectivity index (χ3v) is 2.40. The van der Waals surface area contributed by atoms with Crippen LogP contribution in [0.5, 0.6) is 0 Å². The van der Waals surface area contributed by atoms with Gasteiger partial charge in [-0.25, -0.2) is 4.79 Å². The van der Waals surface area contributed by atoms with Gasteiger partial charge in [0.15, 0.2) is 0 Å². The molecule has 0 radical (unpaired) electrons. The number of nitro benzene ring substituents is 1. The van der Waals surface area contributed by atoms with Crippen LogP contribution in [0.2, 0.25) is 0 Å². The summed E-state index contributed by atoms with van der Waals surface area (Å²) in [5.41, 5.74) is -0.893. The van der Waals surface area contributed by atoms with E-state index in [1.165, 1.54) is 0 Å². The number of rotatable bonds is 3. The van der Waals surface area contributed by atoms with E-state index in [4.69, 9.17) is 0 Å². The molecule has 0 aliphatic heterocycles. The maximum Gasteiger partial charge on any atom is 1.00 e. The van der Waals surface area contributed by atoms with Crippen LogP contribution in [0.4, 0.5) is 5.69 Å². The van der Waals surface area contributed by atoms with Gasteiger partial charge in [0.25, 0.3) is 5.69 Å². The number of ether oxygens (including phenoxy) is 1. The molecule has 0 fully saturated rings. The largest absolute Gasteiger partial charge is 1.00 e. The Hall–Kier alpha value is -0.800. The Morgan fingerprint density at radius 3 is 2.47 bits per heavy atom. The minimum absolute atomic E-state index is 0. The second kappa shape index (κ2) is 6.82. The van der Waals surface area contributed by atoms with Gasteiger partial charge in [-0.05, 0) is 23.2 Å². The second-order valence-corrected chi connectivity index (χ2v) is 3.60. The SMILES string of the molecule is COC(=O)c1ccc(S(=O)[O-])cc1[N+](=O)[O-].[Na+]. The summed E-state index contributed by atoms with van der Waals surface area (Å²) in [6.07, 6.45) is 0. The van der Waals surface area contributed by atoms with Crippen molar-refractivity contribution in [1.82, 2.24) is 0 Å². The van der Waals surface area contributed by atoms with E-state index in [1.54, 1.807) is 0 Å². The second-order valence-electron chi connectivity index (χ2n) is 2.66. The molecule has 1 atom stereocenters. The molecular weight excluding hydrogens is 261 g/mol. The number of nitro groups is 1. The summed E-state index contributed by atoms with van der Waals surface area (Å²) in [6, 6.07) is 2.92. The van der Waals surface area contributed by atoms with E-state index in [0.29, 0.717) is 0 Å². The molecule has 0 aromatic heterocycles. The van der Waals surface area contributed by atoms with Gasteiger partial charge in [-0.15, -0.1) is 0 Å². The molecule has 0 bridgehead atoms. The van der Waals surface area contributed by atoms with Gasteiger partial charge < -0.3 is 9.29 Å². The molecule has 1 aromatic carbocycles. The minimum atomic E-state index is -2.59. The van der Waals surface area contributed by atoms with Crippen molar-refractivity contribution in [2.24, 2.45) is 0 Å². The van der Waals surface area contributed by atoms with E-state index in [9.17, 15) is 23.7 Å². The number of carbonyl (C=O) groups is 1. The molecule has 86 valence electrons. The molecule has 0 heterocycles. The Morgan fingerprint density at radius 2 is 2.06 bits per heavy atom. The van der Waals surface area contributed by atoms with Crippen molar-refractivity contribution >= 4 is 22.7 Å². The van der Waals surface area contributed by atoms with Gasteiger partial charge in [0.05, 0.1) is 12.0 Å². The zero-order chi connectivity index (χ0) is 12.3. The Kier molecular flexibility index (Phi) is 6.50. The van der Waals surface area contributed by atoms with Gasteiger partial charge in [-0.3, -0.25) is 14.3 Å². The van der Waals surface area contributed by atoms with Crippen LogP contribution in [0, 0.1) is 10.1 Å². The van der Waals surface area contributed by atoms with Crippen LogP contribution in [0.1, 0.15) is 10.4 Å². The minimum Gasteiger partial charge on any atom is -0.768 e. The van der Waals surface area contributed by atoms with E-state index in [2.05, 4.69) is 4.74 Å². The van der Waals surface area contributed by atoms with Gasteiger partial charge in [0.1, 0.15) is 5.56 Å². The standard InChI is InChI=1S/C8H7NO6S.Na/c1-15-8(10)6-3-2-5(16(13)14)4-7(6)9(11)12;/h2-4H,1H3,(H,13,14);/q;+1/p-1. The van der Waals surface area contributed by atoms with Gasteiger partial charge in [-0.2, -0.15) is 0 Å². The molecule has 0 saturated heterocycles. The van der Waals surface area contributed by atoms with Crippen LogP contribution < -0.4 is 29.6 Å². The summed E-state index contributed by atoms with van der Waals surface area (Å²) in [7, 11) is 1.08. The summed E-state index contributed by atoms with van der Waals surface area (Å²) in [6.45, 7) is 0. The zero-order valence-electron chi connectivity index (χ0n) is 9.04. The van der Waals surface area contributed by atoms with Gasteiger partial charge in [0, 0.05) is 11.0 Å². The van der Waals surface area contributed by atoms with E-state index in [1.807, 2.05) is 0 Å². The number of hydrogen-bond donors (Lipinski definition) is 0. The zero-order valence-corrected chi connectivity index (χ0v) is 11.9. The molecule has 0 aliphatic carbocycles. The van der Waals surface area contributed by atoms with Crippen molar-refractivity contribution < 1.29 is 52.8 Å².